The van der Waals surface area contributed by atoms with Gasteiger partial charge in [0.1, 0.15) is 34.3 Å². The molecular formula is C29H28F2N6O5S. The Labute approximate surface area is 245 Å². The van der Waals surface area contributed by atoms with Crippen molar-refractivity contribution in [3.05, 3.63) is 82.7 Å². The van der Waals surface area contributed by atoms with Crippen molar-refractivity contribution in [2.75, 3.05) is 30.8 Å². The molecule has 0 radical (unpaired) electrons. The number of nitrogens with one attached hydrogen (secondary N) is 2. The molecule has 2 aliphatic rings. The third-order valence-corrected chi connectivity index (χ3v) is 9.35. The number of likely N-dealkylation sites (tertiary alicyclic amines) is 1. The molecule has 4 aromatic rings. The van der Waals surface area contributed by atoms with Gasteiger partial charge in [-0.25, -0.2) is 26.9 Å². The number of ether oxygens (including phenoxy) is 1. The monoisotopic (exact) mass is 610 g/mol. The van der Waals surface area contributed by atoms with Crippen LogP contribution in [0.1, 0.15) is 51.6 Å². The number of amides is 2. The molecule has 0 aliphatic carbocycles. The van der Waals surface area contributed by atoms with E-state index in [0.717, 1.165) is 6.20 Å². The number of aromatic nitrogens is 3. The largest absolute Gasteiger partial charge is 0.492 e. The maximum absolute atomic E-state index is 14.8. The predicted octanol–water partition coefficient (Wildman–Crippen LogP) is 3.71. The van der Waals surface area contributed by atoms with Gasteiger partial charge in [0.15, 0.2) is 5.65 Å². The Bertz CT molecular complexity index is 1890. The molecule has 1 fully saturated rings. The van der Waals surface area contributed by atoms with Gasteiger partial charge in [0.2, 0.25) is 10.0 Å². The number of hydrogen-bond donors (Lipinski definition) is 2. The molecule has 6 rings (SSSR count). The van der Waals surface area contributed by atoms with E-state index >= 15 is 0 Å². The van der Waals surface area contributed by atoms with Crippen LogP contribution in [0.2, 0.25) is 0 Å². The molecule has 2 N–H and O–H groups in total. The van der Waals surface area contributed by atoms with Gasteiger partial charge in [0.05, 0.1) is 18.6 Å². The number of benzene rings is 2. The fourth-order valence-electron chi connectivity index (χ4n) is 5.66. The summed E-state index contributed by atoms with van der Waals surface area (Å²) in [5.41, 5.74) is 1.06. The third kappa shape index (κ3) is 5.05. The van der Waals surface area contributed by atoms with E-state index in [1.165, 1.54) is 41.9 Å². The van der Waals surface area contributed by atoms with Gasteiger partial charge in [0.25, 0.3) is 11.8 Å². The highest BCUT2D eigenvalue weighted by Crippen LogP contribution is 2.47. The normalized spacial score (nSPS) is 15.8. The number of nitrogens with zero attached hydrogens (tertiary/aromatic N) is 4. The van der Waals surface area contributed by atoms with Gasteiger partial charge < -0.3 is 15.0 Å². The lowest BCUT2D eigenvalue weighted by Crippen LogP contribution is -2.46. The first kappa shape index (κ1) is 28.5. The topological polar surface area (TPSA) is 135 Å². The van der Waals surface area contributed by atoms with Crippen molar-refractivity contribution in [3.63, 3.8) is 0 Å². The van der Waals surface area contributed by atoms with Crippen LogP contribution in [-0.2, 0) is 15.4 Å². The SMILES string of the molecule is CCS(=O)(=O)NC(=O)c1cnn2c(Nc3ccc(F)cc3C)c(C(=O)N3CCC4(CC3)COc3cccc(F)c34)cnc12. The molecule has 0 saturated carbocycles. The van der Waals surface area contributed by atoms with Crippen LogP contribution in [0.4, 0.5) is 20.3 Å². The Morgan fingerprint density at radius 1 is 1.09 bits per heavy atom. The second-order valence-corrected chi connectivity index (χ2v) is 12.7. The van der Waals surface area contributed by atoms with Crippen LogP contribution in [0.3, 0.4) is 0 Å². The number of piperidine rings is 1. The van der Waals surface area contributed by atoms with Gasteiger partial charge in [0, 0.05) is 36.0 Å². The van der Waals surface area contributed by atoms with Crippen molar-refractivity contribution in [1.82, 2.24) is 24.2 Å². The number of sulfonamides is 1. The summed E-state index contributed by atoms with van der Waals surface area (Å²) < 4.78 is 61.7. The first-order chi connectivity index (χ1) is 20.5. The van der Waals surface area contributed by atoms with Gasteiger partial charge in [-0.05, 0) is 62.6 Å². The molecule has 2 aromatic carbocycles. The van der Waals surface area contributed by atoms with Crippen LogP contribution in [0, 0.1) is 18.6 Å². The molecule has 2 amide bonds. The minimum Gasteiger partial charge on any atom is -0.492 e. The predicted molar refractivity (Wildman–Crippen MR) is 153 cm³/mol. The molecule has 224 valence electrons. The Kier molecular flexibility index (Phi) is 7.03. The van der Waals surface area contributed by atoms with Crippen molar-refractivity contribution in [2.45, 2.75) is 32.1 Å². The molecule has 4 heterocycles. The van der Waals surface area contributed by atoms with Crippen molar-refractivity contribution in [1.29, 1.82) is 0 Å². The maximum atomic E-state index is 14.8. The fraction of sp³-hybridized carbons (Fsp3) is 0.310. The Balaban J connectivity index is 1.35. The van der Waals surface area contributed by atoms with E-state index in [1.807, 2.05) is 4.72 Å². The van der Waals surface area contributed by atoms with Crippen molar-refractivity contribution >= 4 is 39.0 Å². The number of aryl methyl sites for hydroxylation is 1. The number of rotatable bonds is 6. The maximum Gasteiger partial charge on any atom is 0.270 e. The summed E-state index contributed by atoms with van der Waals surface area (Å²) in [6.07, 6.45) is 3.43. The number of fused-ring (bicyclic) bond motifs is 3. The molecule has 0 unspecified atom stereocenters. The minimum absolute atomic E-state index is 0.00963. The molecule has 0 atom stereocenters. The van der Waals surface area contributed by atoms with E-state index in [4.69, 9.17) is 4.74 Å². The van der Waals surface area contributed by atoms with Gasteiger partial charge in [-0.1, -0.05) is 6.07 Å². The summed E-state index contributed by atoms with van der Waals surface area (Å²) in [5, 5.41) is 7.39. The lowest BCUT2D eigenvalue weighted by molar-refractivity contribution is 0.0644. The summed E-state index contributed by atoms with van der Waals surface area (Å²) in [6, 6.07) is 8.87. The van der Waals surface area contributed by atoms with E-state index in [-0.39, 0.29) is 40.1 Å². The van der Waals surface area contributed by atoms with E-state index in [2.05, 4.69) is 15.4 Å². The first-order valence-corrected chi connectivity index (χ1v) is 15.3. The average Bonchev–Trinajstić information content (AvgIpc) is 3.57. The Hall–Kier alpha value is -4.59. The smallest absolute Gasteiger partial charge is 0.270 e. The molecule has 11 nitrogen and oxygen atoms in total. The second kappa shape index (κ2) is 10.6. The van der Waals surface area contributed by atoms with Crippen molar-refractivity contribution < 1.29 is 31.5 Å². The summed E-state index contributed by atoms with van der Waals surface area (Å²) in [5.74, 6) is -1.68. The summed E-state index contributed by atoms with van der Waals surface area (Å²) in [6.45, 7) is 4.07. The standard InChI is InChI=1S/C29H28F2N6O5S/c1-3-43(40,41)35-27(38)19-15-33-37-25(19)32-14-20(26(37)34-22-8-7-18(30)13-17(22)2)28(39)36-11-9-29(10-12-36)16-42-23-6-4-5-21(31)24(23)29/h4-8,13-15,34H,3,9-12,16H2,1-2H3,(H,35,38). The molecule has 1 saturated heterocycles. The number of hydrogen-bond acceptors (Lipinski definition) is 8. The Morgan fingerprint density at radius 3 is 2.58 bits per heavy atom. The van der Waals surface area contributed by atoms with Crippen LogP contribution < -0.4 is 14.8 Å². The quantitative estimate of drug-likeness (QED) is 0.338. The van der Waals surface area contributed by atoms with Gasteiger partial charge in [-0.2, -0.15) is 9.61 Å². The molecule has 1 spiro atoms. The van der Waals surface area contributed by atoms with E-state index in [0.29, 0.717) is 55.1 Å². The van der Waals surface area contributed by atoms with E-state index < -0.39 is 27.2 Å². The van der Waals surface area contributed by atoms with Crippen LogP contribution in [0.25, 0.3) is 5.65 Å². The highest BCUT2D eigenvalue weighted by atomic mass is 32.2. The van der Waals surface area contributed by atoms with Crippen LogP contribution in [0.15, 0.2) is 48.8 Å². The van der Waals surface area contributed by atoms with Crippen molar-refractivity contribution in [3.8, 4) is 5.75 Å². The zero-order chi connectivity index (χ0) is 30.5. The molecule has 0 bridgehead atoms. The molecule has 14 heteroatoms. The highest BCUT2D eigenvalue weighted by molar-refractivity contribution is 7.90. The van der Waals surface area contributed by atoms with Gasteiger partial charge in [-0.3, -0.25) is 9.59 Å². The lowest BCUT2D eigenvalue weighted by Gasteiger charge is -2.38. The molecule has 2 aliphatic heterocycles. The van der Waals surface area contributed by atoms with Crippen molar-refractivity contribution in [2.24, 2.45) is 0 Å². The third-order valence-electron chi connectivity index (χ3n) is 8.09. The van der Waals surface area contributed by atoms with Crippen LogP contribution >= 0.6 is 0 Å². The van der Waals surface area contributed by atoms with E-state index in [1.54, 1.807) is 24.0 Å². The number of carbonyl (C=O) groups is 2. The summed E-state index contributed by atoms with van der Waals surface area (Å²) in [7, 11) is -3.86. The average molecular weight is 611 g/mol. The zero-order valence-electron chi connectivity index (χ0n) is 23.4. The lowest BCUT2D eigenvalue weighted by atomic mass is 9.74. The van der Waals surface area contributed by atoms with Gasteiger partial charge in [-0.15, -0.1) is 0 Å². The molecule has 2 aromatic heterocycles. The minimum atomic E-state index is -3.86. The fourth-order valence-corrected chi connectivity index (χ4v) is 6.20. The molecule has 43 heavy (non-hydrogen) atoms. The molecular weight excluding hydrogens is 582 g/mol. The number of halogens is 2. The van der Waals surface area contributed by atoms with Gasteiger partial charge >= 0.3 is 0 Å². The summed E-state index contributed by atoms with van der Waals surface area (Å²) >= 11 is 0. The Morgan fingerprint density at radius 2 is 1.86 bits per heavy atom. The van der Waals surface area contributed by atoms with Crippen LogP contribution in [0.5, 0.6) is 5.75 Å². The summed E-state index contributed by atoms with van der Waals surface area (Å²) in [4.78, 5) is 32.7. The highest BCUT2D eigenvalue weighted by Gasteiger charge is 2.46. The second-order valence-electron chi connectivity index (χ2n) is 10.7. The zero-order valence-corrected chi connectivity index (χ0v) is 24.2. The number of carbonyl (C=O) groups excluding carboxylic acids is 2. The first-order valence-electron chi connectivity index (χ1n) is 13.7. The van der Waals surface area contributed by atoms with E-state index in [9.17, 15) is 26.8 Å². The van der Waals surface area contributed by atoms with Crippen LogP contribution in [-0.4, -0.2) is 65.2 Å². The number of anilines is 2.